The van der Waals surface area contributed by atoms with Gasteiger partial charge in [-0.2, -0.15) is 5.26 Å². The highest BCUT2D eigenvalue weighted by Gasteiger charge is 2.32. The summed E-state index contributed by atoms with van der Waals surface area (Å²) in [4.78, 5) is 16.1. The first-order valence-electron chi connectivity index (χ1n) is 8.98. The van der Waals surface area contributed by atoms with Gasteiger partial charge in [0.2, 0.25) is 0 Å². The van der Waals surface area contributed by atoms with Crippen LogP contribution in [0.1, 0.15) is 17.2 Å². The van der Waals surface area contributed by atoms with Gasteiger partial charge in [0.25, 0.3) is 5.91 Å². The van der Waals surface area contributed by atoms with Gasteiger partial charge in [0.05, 0.1) is 23.4 Å². The van der Waals surface area contributed by atoms with Crippen molar-refractivity contribution in [3.8, 4) is 11.8 Å². The summed E-state index contributed by atoms with van der Waals surface area (Å²) in [6.07, 6.45) is 0. The van der Waals surface area contributed by atoms with Gasteiger partial charge in [-0.1, -0.05) is 42.5 Å². The molecule has 0 N–H and O–H groups in total. The van der Waals surface area contributed by atoms with E-state index in [1.54, 1.807) is 36.0 Å². The second-order valence-electron chi connectivity index (χ2n) is 6.39. The molecule has 3 aromatic rings. The van der Waals surface area contributed by atoms with Crippen molar-refractivity contribution < 1.29 is 9.53 Å². The molecule has 0 saturated heterocycles. The lowest BCUT2D eigenvalue weighted by Crippen LogP contribution is -2.41. The lowest BCUT2D eigenvalue weighted by molar-refractivity contribution is -0.121. The number of amides is 1. The van der Waals surface area contributed by atoms with Crippen LogP contribution in [0.5, 0.6) is 5.75 Å². The summed E-state index contributed by atoms with van der Waals surface area (Å²) < 4.78 is 5.71. The third-order valence-electron chi connectivity index (χ3n) is 4.63. The molecule has 5 heteroatoms. The van der Waals surface area contributed by atoms with Gasteiger partial charge in [0.1, 0.15) is 5.75 Å². The van der Waals surface area contributed by atoms with Crippen LogP contribution in [-0.4, -0.2) is 18.3 Å². The fourth-order valence-electron chi connectivity index (χ4n) is 3.26. The van der Waals surface area contributed by atoms with Crippen molar-refractivity contribution in [3.05, 3.63) is 90.0 Å². The minimum atomic E-state index is -0.0917. The Kier molecular flexibility index (Phi) is 5.31. The number of ether oxygens (including phenoxy) is 1. The summed E-state index contributed by atoms with van der Waals surface area (Å²) in [5.41, 5.74) is 2.59. The molecular formula is C23H18N2O2S. The van der Waals surface area contributed by atoms with Crippen LogP contribution < -0.4 is 9.64 Å². The number of nitrogens with zero attached hydrogens (tertiary/aromatic N) is 2. The largest absolute Gasteiger partial charge is 0.484 e. The Hall–Kier alpha value is -3.23. The molecule has 4 nitrogen and oxygen atoms in total. The zero-order valence-electron chi connectivity index (χ0n) is 15.1. The Morgan fingerprint density at radius 2 is 1.75 bits per heavy atom. The highest BCUT2D eigenvalue weighted by Crippen LogP contribution is 2.43. The number of hydrogen-bond acceptors (Lipinski definition) is 4. The maximum Gasteiger partial charge on any atom is 0.265 e. The lowest BCUT2D eigenvalue weighted by atomic mass is 10.1. The molecule has 0 saturated carbocycles. The molecule has 0 aromatic heterocycles. The molecule has 0 aliphatic carbocycles. The van der Waals surface area contributed by atoms with Crippen molar-refractivity contribution in [2.45, 2.75) is 10.9 Å². The van der Waals surface area contributed by atoms with Gasteiger partial charge in [0, 0.05) is 10.6 Å². The van der Waals surface area contributed by atoms with Crippen LogP contribution in [0.15, 0.2) is 83.8 Å². The van der Waals surface area contributed by atoms with E-state index in [-0.39, 0.29) is 18.6 Å². The van der Waals surface area contributed by atoms with Crippen molar-refractivity contribution in [1.82, 2.24) is 0 Å². The summed E-state index contributed by atoms with van der Waals surface area (Å²) in [6.45, 7) is -0.0613. The van der Waals surface area contributed by atoms with Crippen molar-refractivity contribution >= 4 is 23.4 Å². The fourth-order valence-corrected chi connectivity index (χ4v) is 4.43. The van der Waals surface area contributed by atoms with Gasteiger partial charge < -0.3 is 4.74 Å². The number of thioether (sulfide) groups is 1. The second kappa shape index (κ2) is 8.20. The first kappa shape index (κ1) is 18.1. The first-order chi connectivity index (χ1) is 13.8. The van der Waals surface area contributed by atoms with E-state index in [1.807, 2.05) is 47.4 Å². The predicted octanol–water partition coefficient (Wildman–Crippen LogP) is 4.82. The van der Waals surface area contributed by atoms with Gasteiger partial charge in [0.15, 0.2) is 6.61 Å². The van der Waals surface area contributed by atoms with Gasteiger partial charge in [-0.3, -0.25) is 9.69 Å². The van der Waals surface area contributed by atoms with Crippen LogP contribution in [-0.2, 0) is 4.79 Å². The molecule has 4 rings (SSSR count). The van der Waals surface area contributed by atoms with E-state index in [2.05, 4.69) is 18.2 Å². The molecule has 0 unspecified atom stereocenters. The van der Waals surface area contributed by atoms with Crippen molar-refractivity contribution in [2.75, 3.05) is 17.3 Å². The van der Waals surface area contributed by atoms with E-state index in [4.69, 9.17) is 10.00 Å². The van der Waals surface area contributed by atoms with Crippen LogP contribution in [0.2, 0.25) is 0 Å². The number of para-hydroxylation sites is 1. The number of anilines is 1. The maximum atomic E-state index is 13.2. The maximum absolute atomic E-state index is 13.2. The average molecular weight is 386 g/mol. The normalized spacial score (nSPS) is 15.4. The second-order valence-corrected chi connectivity index (χ2v) is 7.46. The molecule has 1 amide bonds. The zero-order chi connectivity index (χ0) is 19.3. The van der Waals surface area contributed by atoms with Gasteiger partial charge in [-0.25, -0.2) is 0 Å². The van der Waals surface area contributed by atoms with Gasteiger partial charge in [-0.05, 0) is 42.0 Å². The molecule has 0 spiro atoms. The number of rotatable bonds is 4. The molecule has 3 aromatic carbocycles. The Morgan fingerprint density at radius 3 is 2.50 bits per heavy atom. The molecular weight excluding hydrogens is 368 g/mol. The molecule has 138 valence electrons. The number of hydrogen-bond donors (Lipinski definition) is 0. The third kappa shape index (κ3) is 3.73. The highest BCUT2D eigenvalue weighted by atomic mass is 32.2. The van der Waals surface area contributed by atoms with Gasteiger partial charge in [-0.15, -0.1) is 11.8 Å². The molecule has 0 radical (unpaired) electrons. The Labute approximate surface area is 168 Å². The fraction of sp³-hybridized carbons (Fsp3) is 0.130. The molecule has 1 aliphatic heterocycles. The lowest BCUT2D eigenvalue weighted by Gasteiger charge is -2.37. The van der Waals surface area contributed by atoms with E-state index in [1.165, 1.54) is 0 Å². The molecule has 1 aliphatic rings. The summed E-state index contributed by atoms with van der Waals surface area (Å²) in [5.74, 6) is 1.28. The van der Waals surface area contributed by atoms with Crippen LogP contribution >= 0.6 is 11.8 Å². The van der Waals surface area contributed by atoms with Crippen LogP contribution in [0, 0.1) is 11.3 Å². The Morgan fingerprint density at radius 1 is 1.04 bits per heavy atom. The molecule has 1 atom stereocenters. The van der Waals surface area contributed by atoms with E-state index < -0.39 is 0 Å². The quantitative estimate of drug-likeness (QED) is 0.645. The summed E-state index contributed by atoms with van der Waals surface area (Å²) in [5, 5.41) is 8.89. The number of nitriles is 1. The van der Waals surface area contributed by atoms with E-state index in [9.17, 15) is 4.79 Å². The van der Waals surface area contributed by atoms with Crippen LogP contribution in [0.25, 0.3) is 0 Å². The van der Waals surface area contributed by atoms with Gasteiger partial charge >= 0.3 is 0 Å². The highest BCUT2D eigenvalue weighted by molar-refractivity contribution is 7.99. The number of carbonyl (C=O) groups excluding carboxylic acids is 1. The Balaban J connectivity index is 1.59. The molecule has 0 fully saturated rings. The number of fused-ring (bicyclic) bond motifs is 1. The predicted molar refractivity (Wildman–Crippen MR) is 110 cm³/mol. The van der Waals surface area contributed by atoms with Crippen molar-refractivity contribution in [3.63, 3.8) is 0 Å². The molecule has 28 heavy (non-hydrogen) atoms. The standard InChI is InChI=1S/C23H18N2O2S/c24-14-17-10-12-19(13-11-17)27-15-23(26)25-20-8-4-5-9-22(20)28-16-21(25)18-6-2-1-3-7-18/h1-13,21H,15-16H2/t21-/m1/s1. The minimum absolute atomic E-state index is 0.0434. The summed E-state index contributed by atoms with van der Waals surface area (Å²) >= 11 is 1.77. The van der Waals surface area contributed by atoms with E-state index in [0.717, 1.165) is 21.9 Å². The SMILES string of the molecule is N#Cc1ccc(OCC(=O)N2c3ccccc3SC[C@@H]2c2ccccc2)cc1. The van der Waals surface area contributed by atoms with Crippen molar-refractivity contribution in [2.24, 2.45) is 0 Å². The monoisotopic (exact) mass is 386 g/mol. The van der Waals surface area contributed by atoms with E-state index in [0.29, 0.717) is 11.3 Å². The number of carbonyl (C=O) groups is 1. The minimum Gasteiger partial charge on any atom is -0.484 e. The smallest absolute Gasteiger partial charge is 0.265 e. The van der Waals surface area contributed by atoms with Crippen LogP contribution in [0.3, 0.4) is 0 Å². The first-order valence-corrected chi connectivity index (χ1v) is 9.96. The van der Waals surface area contributed by atoms with Crippen molar-refractivity contribution in [1.29, 1.82) is 5.26 Å². The zero-order valence-corrected chi connectivity index (χ0v) is 15.9. The topological polar surface area (TPSA) is 53.3 Å². The van der Waals surface area contributed by atoms with E-state index >= 15 is 0 Å². The average Bonchev–Trinajstić information content (AvgIpc) is 2.77. The van der Waals surface area contributed by atoms with Crippen LogP contribution in [0.4, 0.5) is 5.69 Å². The third-order valence-corrected chi connectivity index (χ3v) is 5.77. The molecule has 0 bridgehead atoms. The summed E-state index contributed by atoms with van der Waals surface area (Å²) in [7, 11) is 0. The summed E-state index contributed by atoms with van der Waals surface area (Å²) in [6, 6.07) is 26.9. The number of benzene rings is 3. The molecule has 1 heterocycles. The Bertz CT molecular complexity index is 1010.